The van der Waals surface area contributed by atoms with E-state index in [0.29, 0.717) is 6.42 Å². The molecule has 0 unspecified atom stereocenters. The molecule has 1 saturated heterocycles. The topological polar surface area (TPSA) is 49.3 Å². The first-order valence-electron chi connectivity index (χ1n) is 5.75. The highest BCUT2D eigenvalue weighted by atomic mass is 16.4. The summed E-state index contributed by atoms with van der Waals surface area (Å²) in [7, 11) is 0. The van der Waals surface area contributed by atoms with Crippen molar-refractivity contribution < 1.29 is 9.90 Å². The van der Waals surface area contributed by atoms with Gasteiger partial charge in [-0.1, -0.05) is 30.3 Å². The summed E-state index contributed by atoms with van der Waals surface area (Å²) in [4.78, 5) is 11.4. The molecule has 0 amide bonds. The Labute approximate surface area is 95.5 Å². The average Bonchev–Trinajstić information content (AvgIpc) is 2.31. The zero-order valence-electron chi connectivity index (χ0n) is 9.28. The number of piperidine rings is 1. The standard InChI is InChI=1S/C13H17NO2/c15-12(16)13(8-4-5-9-14-13)10-11-6-2-1-3-7-11/h1-3,6-7,14H,4-5,8-10H2,(H,15,16)/t13-/m1/s1. The van der Waals surface area contributed by atoms with E-state index < -0.39 is 11.5 Å². The van der Waals surface area contributed by atoms with Gasteiger partial charge in [-0.2, -0.15) is 0 Å². The summed E-state index contributed by atoms with van der Waals surface area (Å²) in [6.45, 7) is 0.805. The van der Waals surface area contributed by atoms with Gasteiger partial charge in [-0.05, 0) is 31.4 Å². The Bertz CT molecular complexity index is 355. The molecule has 3 nitrogen and oxygen atoms in total. The molecular formula is C13H17NO2. The summed E-state index contributed by atoms with van der Waals surface area (Å²) in [6.07, 6.45) is 3.36. The maximum absolute atomic E-state index is 11.4. The van der Waals surface area contributed by atoms with Gasteiger partial charge in [0.2, 0.25) is 0 Å². The quantitative estimate of drug-likeness (QED) is 0.815. The second-order valence-electron chi connectivity index (χ2n) is 4.43. The third-order valence-electron chi connectivity index (χ3n) is 3.25. The second-order valence-corrected chi connectivity index (χ2v) is 4.43. The minimum absolute atomic E-state index is 0.573. The summed E-state index contributed by atoms with van der Waals surface area (Å²) in [6, 6.07) is 9.83. The third kappa shape index (κ3) is 2.25. The lowest BCUT2D eigenvalue weighted by Crippen LogP contribution is -2.56. The van der Waals surface area contributed by atoms with Crippen LogP contribution in [0.5, 0.6) is 0 Å². The SMILES string of the molecule is O=C(O)[C@]1(Cc2ccccc2)CCCCN1. The van der Waals surface area contributed by atoms with E-state index in [1.165, 1.54) is 0 Å². The molecule has 86 valence electrons. The van der Waals surface area contributed by atoms with Crippen LogP contribution in [0.25, 0.3) is 0 Å². The van der Waals surface area contributed by atoms with E-state index in [1.807, 2.05) is 30.3 Å². The molecule has 1 atom stereocenters. The number of hydrogen-bond donors (Lipinski definition) is 2. The van der Waals surface area contributed by atoms with E-state index in [4.69, 9.17) is 0 Å². The van der Waals surface area contributed by atoms with E-state index in [0.717, 1.165) is 31.4 Å². The van der Waals surface area contributed by atoms with Crippen molar-refractivity contribution in [3.8, 4) is 0 Å². The van der Waals surface area contributed by atoms with Crippen LogP contribution in [0, 0.1) is 0 Å². The molecule has 0 spiro atoms. The lowest BCUT2D eigenvalue weighted by atomic mass is 9.83. The molecule has 1 aromatic rings. The van der Waals surface area contributed by atoms with E-state index in [-0.39, 0.29) is 0 Å². The summed E-state index contributed by atoms with van der Waals surface area (Å²) >= 11 is 0. The number of benzene rings is 1. The summed E-state index contributed by atoms with van der Waals surface area (Å²) in [5.74, 6) is -0.726. The van der Waals surface area contributed by atoms with Gasteiger partial charge < -0.3 is 10.4 Å². The number of aliphatic carboxylic acids is 1. The lowest BCUT2D eigenvalue weighted by Gasteiger charge is -2.34. The van der Waals surface area contributed by atoms with E-state index in [1.54, 1.807) is 0 Å². The third-order valence-corrected chi connectivity index (χ3v) is 3.25. The average molecular weight is 219 g/mol. The van der Waals surface area contributed by atoms with Gasteiger partial charge in [0.05, 0.1) is 0 Å². The minimum Gasteiger partial charge on any atom is -0.480 e. The fourth-order valence-corrected chi connectivity index (χ4v) is 2.32. The Hall–Kier alpha value is -1.35. The molecule has 3 heteroatoms. The molecule has 2 N–H and O–H groups in total. The zero-order valence-corrected chi connectivity index (χ0v) is 9.28. The number of rotatable bonds is 3. The smallest absolute Gasteiger partial charge is 0.324 e. The van der Waals surface area contributed by atoms with Gasteiger partial charge in [-0.3, -0.25) is 4.79 Å². The van der Waals surface area contributed by atoms with Gasteiger partial charge in [-0.15, -0.1) is 0 Å². The highest BCUT2D eigenvalue weighted by molar-refractivity contribution is 5.79. The van der Waals surface area contributed by atoms with Crippen molar-refractivity contribution in [3.05, 3.63) is 35.9 Å². The van der Waals surface area contributed by atoms with Crippen molar-refractivity contribution in [3.63, 3.8) is 0 Å². The van der Waals surface area contributed by atoms with Crippen LogP contribution < -0.4 is 5.32 Å². The molecular weight excluding hydrogens is 202 g/mol. The highest BCUT2D eigenvalue weighted by Crippen LogP contribution is 2.24. The fourth-order valence-electron chi connectivity index (χ4n) is 2.32. The first-order valence-corrected chi connectivity index (χ1v) is 5.75. The van der Waals surface area contributed by atoms with Crippen molar-refractivity contribution in [2.75, 3.05) is 6.54 Å². The van der Waals surface area contributed by atoms with Crippen molar-refractivity contribution in [2.24, 2.45) is 0 Å². The van der Waals surface area contributed by atoms with Crippen LogP contribution >= 0.6 is 0 Å². The molecule has 0 bridgehead atoms. The van der Waals surface area contributed by atoms with Crippen LogP contribution in [0.4, 0.5) is 0 Å². The largest absolute Gasteiger partial charge is 0.480 e. The maximum Gasteiger partial charge on any atom is 0.324 e. The summed E-state index contributed by atoms with van der Waals surface area (Å²) in [5, 5.41) is 12.6. The monoisotopic (exact) mass is 219 g/mol. The number of carboxylic acids is 1. The van der Waals surface area contributed by atoms with Crippen LogP contribution in [0.3, 0.4) is 0 Å². The number of carbonyl (C=O) groups is 1. The van der Waals surface area contributed by atoms with Crippen LogP contribution in [-0.4, -0.2) is 23.2 Å². The Kier molecular flexibility index (Phi) is 3.25. The Morgan fingerprint density at radius 3 is 2.62 bits per heavy atom. The van der Waals surface area contributed by atoms with Crippen molar-refractivity contribution in [1.82, 2.24) is 5.32 Å². The molecule has 0 saturated carbocycles. The van der Waals surface area contributed by atoms with Crippen molar-refractivity contribution in [1.29, 1.82) is 0 Å². The first kappa shape index (κ1) is 11.1. The number of hydrogen-bond acceptors (Lipinski definition) is 2. The molecule has 1 aliphatic heterocycles. The van der Waals surface area contributed by atoms with Crippen LogP contribution in [0.1, 0.15) is 24.8 Å². The maximum atomic E-state index is 11.4. The van der Waals surface area contributed by atoms with E-state index in [2.05, 4.69) is 5.32 Å². The van der Waals surface area contributed by atoms with Gasteiger partial charge in [-0.25, -0.2) is 0 Å². The molecule has 1 fully saturated rings. The Morgan fingerprint density at radius 2 is 2.06 bits per heavy atom. The molecule has 1 aliphatic rings. The second kappa shape index (κ2) is 4.66. The van der Waals surface area contributed by atoms with Gasteiger partial charge in [0.25, 0.3) is 0 Å². The van der Waals surface area contributed by atoms with Gasteiger partial charge in [0.15, 0.2) is 0 Å². The predicted molar refractivity (Wildman–Crippen MR) is 62.4 cm³/mol. The minimum atomic E-state index is -0.750. The molecule has 0 radical (unpaired) electrons. The summed E-state index contributed by atoms with van der Waals surface area (Å²) < 4.78 is 0. The Balaban J connectivity index is 2.17. The number of carboxylic acid groups (broad SMARTS) is 1. The van der Waals surface area contributed by atoms with Crippen LogP contribution in [0.2, 0.25) is 0 Å². The highest BCUT2D eigenvalue weighted by Gasteiger charge is 2.39. The summed E-state index contributed by atoms with van der Waals surface area (Å²) in [5.41, 5.74) is 0.332. The molecule has 2 rings (SSSR count). The van der Waals surface area contributed by atoms with Gasteiger partial charge >= 0.3 is 5.97 Å². The molecule has 0 aliphatic carbocycles. The molecule has 1 aromatic carbocycles. The van der Waals surface area contributed by atoms with E-state index >= 15 is 0 Å². The zero-order chi connectivity index (χ0) is 11.4. The predicted octanol–water partition coefficient (Wildman–Crippen LogP) is 1.83. The normalized spacial score (nSPS) is 25.2. The molecule has 0 aromatic heterocycles. The van der Waals surface area contributed by atoms with E-state index in [9.17, 15) is 9.90 Å². The van der Waals surface area contributed by atoms with Crippen LogP contribution in [-0.2, 0) is 11.2 Å². The fraction of sp³-hybridized carbons (Fsp3) is 0.462. The Morgan fingerprint density at radius 1 is 1.31 bits per heavy atom. The first-order chi connectivity index (χ1) is 7.73. The lowest BCUT2D eigenvalue weighted by molar-refractivity contribution is -0.146. The van der Waals surface area contributed by atoms with Gasteiger partial charge in [0, 0.05) is 6.42 Å². The molecule has 16 heavy (non-hydrogen) atoms. The van der Waals surface area contributed by atoms with Crippen LogP contribution in [0.15, 0.2) is 30.3 Å². The molecule has 1 heterocycles. The van der Waals surface area contributed by atoms with Crippen molar-refractivity contribution in [2.45, 2.75) is 31.2 Å². The number of nitrogens with one attached hydrogen (secondary N) is 1. The van der Waals surface area contributed by atoms with Crippen molar-refractivity contribution >= 4 is 5.97 Å². The van der Waals surface area contributed by atoms with Gasteiger partial charge in [0.1, 0.15) is 5.54 Å².